The summed E-state index contributed by atoms with van der Waals surface area (Å²) in [5.74, 6) is 1.00. The maximum atomic E-state index is 11.4. The molecule has 0 aromatic heterocycles. The van der Waals surface area contributed by atoms with Crippen molar-refractivity contribution < 1.29 is 4.79 Å². The standard InChI is InChI=1S/C12H24N2O.ClH/c1-2-3-8-14-12(15)5-4-11-6-9-13-10-7-11;/h11,13H,2-10H2,1H3,(H,14,15);1H. The van der Waals surface area contributed by atoms with Crippen molar-refractivity contribution in [1.29, 1.82) is 0 Å². The third kappa shape index (κ3) is 7.07. The summed E-state index contributed by atoms with van der Waals surface area (Å²) in [5, 5.41) is 6.31. The molecule has 0 unspecified atom stereocenters. The zero-order valence-electron chi connectivity index (χ0n) is 10.3. The van der Waals surface area contributed by atoms with E-state index in [1.54, 1.807) is 0 Å². The zero-order chi connectivity index (χ0) is 10.9. The van der Waals surface area contributed by atoms with Crippen molar-refractivity contribution in [2.75, 3.05) is 19.6 Å². The molecule has 1 heterocycles. The van der Waals surface area contributed by atoms with Crippen molar-refractivity contribution in [3.8, 4) is 0 Å². The van der Waals surface area contributed by atoms with E-state index >= 15 is 0 Å². The first-order chi connectivity index (χ1) is 7.33. The first-order valence-electron chi connectivity index (χ1n) is 6.30. The highest BCUT2D eigenvalue weighted by molar-refractivity contribution is 5.85. The van der Waals surface area contributed by atoms with Gasteiger partial charge in [0.05, 0.1) is 0 Å². The minimum absolute atomic E-state index is 0. The second-order valence-corrected chi connectivity index (χ2v) is 4.44. The van der Waals surface area contributed by atoms with Gasteiger partial charge in [0, 0.05) is 13.0 Å². The molecular formula is C12H25ClN2O. The Kier molecular flexibility index (Phi) is 9.74. The number of nitrogens with one attached hydrogen (secondary N) is 2. The highest BCUT2D eigenvalue weighted by Crippen LogP contribution is 2.17. The van der Waals surface area contributed by atoms with Crippen LogP contribution < -0.4 is 10.6 Å². The molecule has 0 radical (unpaired) electrons. The van der Waals surface area contributed by atoms with Gasteiger partial charge in [-0.05, 0) is 44.7 Å². The Morgan fingerprint density at radius 2 is 2.06 bits per heavy atom. The van der Waals surface area contributed by atoms with Gasteiger partial charge in [0.15, 0.2) is 0 Å². The largest absolute Gasteiger partial charge is 0.356 e. The fourth-order valence-electron chi connectivity index (χ4n) is 2.00. The molecular weight excluding hydrogens is 224 g/mol. The first kappa shape index (κ1) is 15.7. The highest BCUT2D eigenvalue weighted by atomic mass is 35.5. The van der Waals surface area contributed by atoms with Crippen LogP contribution in [0.5, 0.6) is 0 Å². The Morgan fingerprint density at radius 3 is 2.69 bits per heavy atom. The molecule has 4 heteroatoms. The number of piperidine rings is 1. The molecule has 3 nitrogen and oxygen atoms in total. The van der Waals surface area contributed by atoms with Crippen LogP contribution in [0, 0.1) is 5.92 Å². The lowest BCUT2D eigenvalue weighted by Gasteiger charge is -2.22. The number of amides is 1. The van der Waals surface area contributed by atoms with Gasteiger partial charge in [0.1, 0.15) is 0 Å². The molecule has 1 amide bonds. The fraction of sp³-hybridized carbons (Fsp3) is 0.917. The van der Waals surface area contributed by atoms with E-state index in [9.17, 15) is 4.79 Å². The summed E-state index contributed by atoms with van der Waals surface area (Å²) in [5.41, 5.74) is 0. The molecule has 1 rings (SSSR count). The number of halogens is 1. The van der Waals surface area contributed by atoms with Gasteiger partial charge in [-0.25, -0.2) is 0 Å². The van der Waals surface area contributed by atoms with Crippen molar-refractivity contribution in [3.05, 3.63) is 0 Å². The third-order valence-corrected chi connectivity index (χ3v) is 3.09. The van der Waals surface area contributed by atoms with Crippen molar-refractivity contribution in [2.24, 2.45) is 5.92 Å². The van der Waals surface area contributed by atoms with Gasteiger partial charge in [-0.3, -0.25) is 4.79 Å². The van der Waals surface area contributed by atoms with Crippen molar-refractivity contribution >= 4 is 18.3 Å². The van der Waals surface area contributed by atoms with Gasteiger partial charge in [-0.1, -0.05) is 13.3 Å². The Morgan fingerprint density at radius 1 is 1.38 bits per heavy atom. The fourth-order valence-corrected chi connectivity index (χ4v) is 2.00. The zero-order valence-corrected chi connectivity index (χ0v) is 11.1. The van der Waals surface area contributed by atoms with Crippen LogP contribution in [0.15, 0.2) is 0 Å². The summed E-state index contributed by atoms with van der Waals surface area (Å²) in [6.07, 6.45) is 6.51. The van der Waals surface area contributed by atoms with Crippen molar-refractivity contribution in [1.82, 2.24) is 10.6 Å². The van der Waals surface area contributed by atoms with E-state index in [1.807, 2.05) is 0 Å². The topological polar surface area (TPSA) is 41.1 Å². The second-order valence-electron chi connectivity index (χ2n) is 4.44. The van der Waals surface area contributed by atoms with Gasteiger partial charge in [-0.15, -0.1) is 12.4 Å². The lowest BCUT2D eigenvalue weighted by molar-refractivity contribution is -0.121. The number of rotatable bonds is 6. The highest BCUT2D eigenvalue weighted by Gasteiger charge is 2.13. The lowest BCUT2D eigenvalue weighted by atomic mass is 9.93. The minimum Gasteiger partial charge on any atom is -0.356 e. The summed E-state index contributed by atoms with van der Waals surface area (Å²) in [7, 11) is 0. The summed E-state index contributed by atoms with van der Waals surface area (Å²) in [6.45, 7) is 5.24. The van der Waals surface area contributed by atoms with Crippen molar-refractivity contribution in [2.45, 2.75) is 45.4 Å². The van der Waals surface area contributed by atoms with E-state index in [4.69, 9.17) is 0 Å². The molecule has 1 saturated heterocycles. The van der Waals surface area contributed by atoms with E-state index in [1.165, 1.54) is 12.8 Å². The average molecular weight is 249 g/mol. The van der Waals surface area contributed by atoms with E-state index < -0.39 is 0 Å². The molecule has 16 heavy (non-hydrogen) atoms. The Hall–Kier alpha value is -0.280. The summed E-state index contributed by atoms with van der Waals surface area (Å²) < 4.78 is 0. The van der Waals surface area contributed by atoms with Crippen LogP contribution >= 0.6 is 12.4 Å². The monoisotopic (exact) mass is 248 g/mol. The molecule has 1 aliphatic heterocycles. The molecule has 0 atom stereocenters. The summed E-state index contributed by atoms with van der Waals surface area (Å²) in [4.78, 5) is 11.4. The molecule has 2 N–H and O–H groups in total. The minimum atomic E-state index is 0. The molecule has 96 valence electrons. The van der Waals surface area contributed by atoms with Gasteiger partial charge in [-0.2, -0.15) is 0 Å². The molecule has 0 aliphatic carbocycles. The molecule has 0 spiro atoms. The lowest BCUT2D eigenvalue weighted by Crippen LogP contribution is -2.29. The number of unbranched alkanes of at least 4 members (excludes halogenated alkanes) is 1. The molecule has 0 bridgehead atoms. The molecule has 1 fully saturated rings. The van der Waals surface area contributed by atoms with Crippen LogP contribution in [0.1, 0.15) is 45.4 Å². The second kappa shape index (κ2) is 9.91. The molecule has 0 aromatic carbocycles. The van der Waals surface area contributed by atoms with Crippen LogP contribution in [-0.4, -0.2) is 25.5 Å². The number of hydrogen-bond acceptors (Lipinski definition) is 2. The number of carbonyl (C=O) groups excluding carboxylic acids is 1. The number of carbonyl (C=O) groups is 1. The predicted molar refractivity (Wildman–Crippen MR) is 70.0 cm³/mol. The number of hydrogen-bond donors (Lipinski definition) is 2. The van der Waals surface area contributed by atoms with E-state index in [0.29, 0.717) is 6.42 Å². The van der Waals surface area contributed by atoms with E-state index in [0.717, 1.165) is 44.8 Å². The normalized spacial score (nSPS) is 16.6. The molecule has 0 saturated carbocycles. The maximum Gasteiger partial charge on any atom is 0.220 e. The quantitative estimate of drug-likeness (QED) is 0.707. The first-order valence-corrected chi connectivity index (χ1v) is 6.30. The van der Waals surface area contributed by atoms with Crippen molar-refractivity contribution in [3.63, 3.8) is 0 Å². The van der Waals surface area contributed by atoms with Gasteiger partial charge in [0.25, 0.3) is 0 Å². The predicted octanol–water partition coefficient (Wildman–Crippen LogP) is 2.10. The van der Waals surface area contributed by atoms with Crippen LogP contribution in [0.25, 0.3) is 0 Å². The van der Waals surface area contributed by atoms with Crippen LogP contribution in [0.3, 0.4) is 0 Å². The Labute approximate surface area is 105 Å². The Bertz CT molecular complexity index is 182. The SMILES string of the molecule is CCCCNC(=O)CCC1CCNCC1.Cl. The van der Waals surface area contributed by atoms with Gasteiger partial charge >= 0.3 is 0 Å². The van der Waals surface area contributed by atoms with Crippen LogP contribution in [0.4, 0.5) is 0 Å². The molecule has 0 aromatic rings. The average Bonchev–Trinajstić information content (AvgIpc) is 2.28. The third-order valence-electron chi connectivity index (χ3n) is 3.09. The smallest absolute Gasteiger partial charge is 0.220 e. The van der Waals surface area contributed by atoms with Crippen LogP contribution in [0.2, 0.25) is 0 Å². The van der Waals surface area contributed by atoms with Crippen LogP contribution in [-0.2, 0) is 4.79 Å². The van der Waals surface area contributed by atoms with E-state index in [2.05, 4.69) is 17.6 Å². The Balaban J connectivity index is 0.00000225. The maximum absolute atomic E-state index is 11.4. The molecule has 1 aliphatic rings. The summed E-state index contributed by atoms with van der Waals surface area (Å²) in [6, 6.07) is 0. The van der Waals surface area contributed by atoms with Gasteiger partial charge in [0.2, 0.25) is 5.91 Å². The summed E-state index contributed by atoms with van der Waals surface area (Å²) >= 11 is 0. The van der Waals surface area contributed by atoms with E-state index in [-0.39, 0.29) is 18.3 Å². The van der Waals surface area contributed by atoms with Gasteiger partial charge < -0.3 is 10.6 Å².